The first-order valence-corrected chi connectivity index (χ1v) is 6.30. The third-order valence-corrected chi connectivity index (χ3v) is 3.14. The molecule has 1 atom stereocenters. The molecular formula is C15H17N3O. The van der Waals surface area contributed by atoms with Crippen LogP contribution < -0.4 is 4.74 Å². The molecule has 98 valence electrons. The summed E-state index contributed by atoms with van der Waals surface area (Å²) in [5, 5.41) is 9.10. The Bertz CT molecular complexity index is 610. The molecule has 1 aromatic carbocycles. The number of benzene rings is 1. The minimum atomic E-state index is -0.182. The van der Waals surface area contributed by atoms with Gasteiger partial charge in [-0.3, -0.25) is 0 Å². The van der Waals surface area contributed by atoms with Gasteiger partial charge < -0.3 is 9.72 Å². The van der Waals surface area contributed by atoms with Gasteiger partial charge in [-0.05, 0) is 25.5 Å². The summed E-state index contributed by atoms with van der Waals surface area (Å²) >= 11 is 0. The molecule has 4 nitrogen and oxygen atoms in total. The zero-order valence-electron chi connectivity index (χ0n) is 11.4. The van der Waals surface area contributed by atoms with Crippen molar-refractivity contribution < 1.29 is 4.74 Å². The Kier molecular flexibility index (Phi) is 3.86. The van der Waals surface area contributed by atoms with Crippen molar-refractivity contribution in [3.8, 4) is 23.1 Å². The van der Waals surface area contributed by atoms with Gasteiger partial charge in [0.05, 0.1) is 18.9 Å². The van der Waals surface area contributed by atoms with Crippen LogP contribution in [0.1, 0.15) is 30.8 Å². The van der Waals surface area contributed by atoms with Gasteiger partial charge in [-0.15, -0.1) is 0 Å². The van der Waals surface area contributed by atoms with E-state index in [4.69, 9.17) is 10.00 Å². The molecule has 0 saturated heterocycles. The molecule has 0 aliphatic rings. The molecule has 0 aliphatic carbocycles. The summed E-state index contributed by atoms with van der Waals surface area (Å²) in [5.74, 6) is 1.35. The van der Waals surface area contributed by atoms with Gasteiger partial charge in [-0.1, -0.05) is 19.1 Å². The number of methoxy groups -OCH3 is 1. The molecule has 1 aromatic heterocycles. The van der Waals surface area contributed by atoms with Crippen LogP contribution in [0, 0.1) is 18.3 Å². The number of hydrogen-bond acceptors (Lipinski definition) is 3. The van der Waals surface area contributed by atoms with Crippen molar-refractivity contribution >= 4 is 0 Å². The summed E-state index contributed by atoms with van der Waals surface area (Å²) in [6.07, 6.45) is 0.751. The number of nitriles is 1. The highest BCUT2D eigenvalue weighted by molar-refractivity contribution is 5.63. The van der Waals surface area contributed by atoms with Crippen LogP contribution in [-0.2, 0) is 0 Å². The van der Waals surface area contributed by atoms with Gasteiger partial charge >= 0.3 is 0 Å². The fourth-order valence-corrected chi connectivity index (χ4v) is 2.05. The number of aromatic amines is 1. The topological polar surface area (TPSA) is 61.7 Å². The van der Waals surface area contributed by atoms with E-state index in [0.717, 1.165) is 34.9 Å². The lowest BCUT2D eigenvalue weighted by atomic mass is 10.1. The first-order chi connectivity index (χ1) is 9.19. The first-order valence-electron chi connectivity index (χ1n) is 6.30. The Morgan fingerprint density at radius 1 is 1.47 bits per heavy atom. The van der Waals surface area contributed by atoms with Crippen LogP contribution in [0.25, 0.3) is 11.3 Å². The van der Waals surface area contributed by atoms with Crippen LogP contribution in [0.15, 0.2) is 24.3 Å². The molecule has 0 aliphatic heterocycles. The first kappa shape index (κ1) is 13.2. The summed E-state index contributed by atoms with van der Waals surface area (Å²) in [7, 11) is 1.64. The number of nitrogens with one attached hydrogen (secondary N) is 1. The molecule has 0 fully saturated rings. The lowest BCUT2D eigenvalue weighted by molar-refractivity contribution is 0.415. The maximum absolute atomic E-state index is 9.10. The van der Waals surface area contributed by atoms with E-state index in [2.05, 4.69) is 16.0 Å². The van der Waals surface area contributed by atoms with Gasteiger partial charge in [-0.2, -0.15) is 5.26 Å². The van der Waals surface area contributed by atoms with Gasteiger partial charge in [0.15, 0.2) is 0 Å². The lowest BCUT2D eigenvalue weighted by Gasteiger charge is -2.03. The van der Waals surface area contributed by atoms with E-state index in [1.54, 1.807) is 7.11 Å². The van der Waals surface area contributed by atoms with Gasteiger partial charge in [-0.25, -0.2) is 4.98 Å². The van der Waals surface area contributed by atoms with E-state index in [-0.39, 0.29) is 5.92 Å². The SMILES string of the molecule is CCC(C#N)c1nc(-c2cccc(OC)c2)c(C)[nH]1. The fourth-order valence-electron chi connectivity index (χ4n) is 2.05. The van der Waals surface area contributed by atoms with Crippen molar-refractivity contribution in [2.75, 3.05) is 7.11 Å². The summed E-state index contributed by atoms with van der Waals surface area (Å²) in [6.45, 7) is 3.95. The summed E-state index contributed by atoms with van der Waals surface area (Å²) in [6, 6.07) is 10.0. The maximum Gasteiger partial charge on any atom is 0.124 e. The minimum absolute atomic E-state index is 0.182. The van der Waals surface area contributed by atoms with Gasteiger partial charge in [0.1, 0.15) is 17.5 Å². The van der Waals surface area contributed by atoms with E-state index in [9.17, 15) is 0 Å². The second-order valence-electron chi connectivity index (χ2n) is 4.42. The smallest absolute Gasteiger partial charge is 0.124 e. The second kappa shape index (κ2) is 5.57. The average Bonchev–Trinajstić information content (AvgIpc) is 2.82. The largest absolute Gasteiger partial charge is 0.497 e. The number of ether oxygens (including phenoxy) is 1. The van der Waals surface area contributed by atoms with Gasteiger partial charge in [0.25, 0.3) is 0 Å². The number of aryl methyl sites for hydroxylation is 1. The number of imidazole rings is 1. The zero-order chi connectivity index (χ0) is 13.8. The van der Waals surface area contributed by atoms with Crippen LogP contribution in [0.2, 0.25) is 0 Å². The average molecular weight is 255 g/mol. The molecule has 0 spiro atoms. The van der Waals surface area contributed by atoms with Crippen molar-refractivity contribution in [1.82, 2.24) is 9.97 Å². The molecule has 1 unspecified atom stereocenters. The van der Waals surface area contributed by atoms with Crippen molar-refractivity contribution in [3.05, 3.63) is 35.8 Å². The van der Waals surface area contributed by atoms with Crippen molar-refractivity contribution in [1.29, 1.82) is 5.26 Å². The molecule has 1 heterocycles. The van der Waals surface area contributed by atoms with E-state index in [1.807, 2.05) is 38.1 Å². The maximum atomic E-state index is 9.10. The molecule has 2 aromatic rings. The number of aromatic nitrogens is 2. The third-order valence-electron chi connectivity index (χ3n) is 3.14. The van der Waals surface area contributed by atoms with Crippen LogP contribution >= 0.6 is 0 Å². The quantitative estimate of drug-likeness (QED) is 0.910. The van der Waals surface area contributed by atoms with Crippen molar-refractivity contribution in [3.63, 3.8) is 0 Å². The fraction of sp³-hybridized carbons (Fsp3) is 0.333. The van der Waals surface area contributed by atoms with Crippen LogP contribution in [-0.4, -0.2) is 17.1 Å². The molecule has 4 heteroatoms. The van der Waals surface area contributed by atoms with Gasteiger partial charge in [0, 0.05) is 11.3 Å². The summed E-state index contributed by atoms with van der Waals surface area (Å²) in [4.78, 5) is 7.77. The molecular weight excluding hydrogens is 238 g/mol. The standard InChI is InChI=1S/C15H17N3O/c1-4-11(9-16)15-17-10(2)14(18-15)12-6-5-7-13(8-12)19-3/h5-8,11H,4H2,1-3H3,(H,17,18). The Labute approximate surface area is 113 Å². The minimum Gasteiger partial charge on any atom is -0.497 e. The van der Waals surface area contributed by atoms with Crippen molar-refractivity contribution in [2.45, 2.75) is 26.2 Å². The van der Waals surface area contributed by atoms with E-state index < -0.39 is 0 Å². The molecule has 19 heavy (non-hydrogen) atoms. The Morgan fingerprint density at radius 2 is 2.26 bits per heavy atom. The van der Waals surface area contributed by atoms with Crippen molar-refractivity contribution in [2.24, 2.45) is 0 Å². The van der Waals surface area contributed by atoms with E-state index in [0.29, 0.717) is 0 Å². The highest BCUT2D eigenvalue weighted by Gasteiger charge is 2.16. The lowest BCUT2D eigenvalue weighted by Crippen LogP contribution is -1.96. The van der Waals surface area contributed by atoms with Crippen LogP contribution in [0.5, 0.6) is 5.75 Å². The Hall–Kier alpha value is -2.28. The predicted octanol–water partition coefficient (Wildman–Crippen LogP) is 3.41. The highest BCUT2D eigenvalue weighted by atomic mass is 16.5. The predicted molar refractivity (Wildman–Crippen MR) is 74.0 cm³/mol. The number of hydrogen-bond donors (Lipinski definition) is 1. The van der Waals surface area contributed by atoms with E-state index in [1.165, 1.54) is 0 Å². The molecule has 2 rings (SSSR count). The molecule has 1 N–H and O–H groups in total. The summed E-state index contributed by atoms with van der Waals surface area (Å²) < 4.78 is 5.22. The number of nitrogens with zero attached hydrogens (tertiary/aromatic N) is 2. The van der Waals surface area contributed by atoms with E-state index >= 15 is 0 Å². The molecule has 0 amide bonds. The molecule has 0 bridgehead atoms. The van der Waals surface area contributed by atoms with Crippen LogP contribution in [0.4, 0.5) is 0 Å². The number of H-pyrrole nitrogens is 1. The third kappa shape index (κ3) is 2.60. The highest BCUT2D eigenvalue weighted by Crippen LogP contribution is 2.27. The second-order valence-corrected chi connectivity index (χ2v) is 4.42. The molecule has 0 radical (unpaired) electrons. The molecule has 0 saturated carbocycles. The Morgan fingerprint density at radius 3 is 2.89 bits per heavy atom. The van der Waals surface area contributed by atoms with Gasteiger partial charge in [0.2, 0.25) is 0 Å². The Balaban J connectivity index is 2.43. The monoisotopic (exact) mass is 255 g/mol. The zero-order valence-corrected chi connectivity index (χ0v) is 11.4. The summed E-state index contributed by atoms with van der Waals surface area (Å²) in [5.41, 5.74) is 2.84. The normalized spacial score (nSPS) is 11.9. The van der Waals surface area contributed by atoms with Crippen LogP contribution in [0.3, 0.4) is 0 Å². The number of rotatable bonds is 4.